The Morgan fingerprint density at radius 1 is 1.37 bits per heavy atom. The summed E-state index contributed by atoms with van der Waals surface area (Å²) >= 11 is 0. The number of likely N-dealkylation sites (tertiary alicyclic amines) is 1. The molecule has 7 heteroatoms. The van der Waals surface area contributed by atoms with E-state index in [1.165, 1.54) is 7.11 Å². The number of ether oxygens (including phenoxy) is 2. The molecule has 1 aliphatic heterocycles. The monoisotopic (exact) mass is 374 g/mol. The third-order valence-electron chi connectivity index (χ3n) is 4.93. The second kappa shape index (κ2) is 7.60. The summed E-state index contributed by atoms with van der Waals surface area (Å²) in [4.78, 5) is 14.5. The summed E-state index contributed by atoms with van der Waals surface area (Å²) in [6.45, 7) is 6.74. The Kier molecular flexibility index (Phi) is 5.41. The van der Waals surface area contributed by atoms with Gasteiger partial charge in [0.25, 0.3) is 5.91 Å². The largest absolute Gasteiger partial charge is 0.493 e. The van der Waals surface area contributed by atoms with Crippen LogP contribution in [0.15, 0.2) is 22.7 Å². The molecule has 1 fully saturated rings. The Balaban J connectivity index is 1.75. The second-order valence-electron chi connectivity index (χ2n) is 7.28. The summed E-state index contributed by atoms with van der Waals surface area (Å²) in [5.74, 6) is 1.62. The third-order valence-corrected chi connectivity index (χ3v) is 4.93. The molecule has 1 unspecified atom stereocenters. The van der Waals surface area contributed by atoms with Gasteiger partial charge in [-0.1, -0.05) is 5.16 Å². The highest BCUT2D eigenvalue weighted by Gasteiger charge is 2.31. The minimum atomic E-state index is -0.838. The Morgan fingerprint density at radius 3 is 2.78 bits per heavy atom. The van der Waals surface area contributed by atoms with E-state index in [0.29, 0.717) is 43.2 Å². The highest BCUT2D eigenvalue weighted by Crippen LogP contribution is 2.31. The predicted molar refractivity (Wildman–Crippen MR) is 99.1 cm³/mol. The van der Waals surface area contributed by atoms with Crippen LogP contribution < -0.4 is 9.47 Å². The van der Waals surface area contributed by atoms with Gasteiger partial charge in [0.1, 0.15) is 12.4 Å². The van der Waals surface area contributed by atoms with Crippen LogP contribution in [0.2, 0.25) is 0 Å². The Hall–Kier alpha value is -2.54. The van der Waals surface area contributed by atoms with Crippen LogP contribution in [0.5, 0.6) is 11.5 Å². The number of benzene rings is 1. The number of aliphatic hydroxyl groups is 1. The molecule has 146 valence electrons. The van der Waals surface area contributed by atoms with Gasteiger partial charge < -0.3 is 24.0 Å². The Labute approximate surface area is 158 Å². The van der Waals surface area contributed by atoms with Crippen LogP contribution in [0.3, 0.4) is 0 Å². The topological polar surface area (TPSA) is 85.0 Å². The summed E-state index contributed by atoms with van der Waals surface area (Å²) in [7, 11) is 1.54. The molecule has 2 heterocycles. The molecule has 0 spiro atoms. The first-order chi connectivity index (χ1) is 12.8. The summed E-state index contributed by atoms with van der Waals surface area (Å²) in [6, 6.07) is 5.12. The van der Waals surface area contributed by atoms with E-state index in [-0.39, 0.29) is 5.91 Å². The molecule has 0 saturated carbocycles. The molecule has 1 aliphatic rings. The molecule has 7 nitrogen and oxygen atoms in total. The number of carbonyl (C=O) groups is 1. The summed E-state index contributed by atoms with van der Waals surface area (Å²) in [5, 5.41) is 14.2. The molecular weight excluding hydrogens is 348 g/mol. The third kappa shape index (κ3) is 4.24. The van der Waals surface area contributed by atoms with Crippen molar-refractivity contribution in [3.63, 3.8) is 0 Å². The minimum absolute atomic E-state index is 0.120. The van der Waals surface area contributed by atoms with E-state index in [9.17, 15) is 9.90 Å². The SMILES string of the molecule is COc1cc(C(=O)N2CCCC(C)(O)C2)ccc1OCc1c(C)noc1C. The lowest BCUT2D eigenvalue weighted by atomic mass is 9.94. The van der Waals surface area contributed by atoms with Crippen molar-refractivity contribution < 1.29 is 23.9 Å². The molecule has 2 aromatic rings. The van der Waals surface area contributed by atoms with Crippen molar-refractivity contribution in [3.8, 4) is 11.5 Å². The number of nitrogens with zero attached hydrogens (tertiary/aromatic N) is 2. The van der Waals surface area contributed by atoms with Gasteiger partial charge in [0.2, 0.25) is 0 Å². The van der Waals surface area contributed by atoms with Gasteiger partial charge in [0.15, 0.2) is 11.5 Å². The highest BCUT2D eigenvalue weighted by molar-refractivity contribution is 5.95. The van der Waals surface area contributed by atoms with Gasteiger partial charge >= 0.3 is 0 Å². The van der Waals surface area contributed by atoms with Gasteiger partial charge in [-0.15, -0.1) is 0 Å². The van der Waals surface area contributed by atoms with Crippen LogP contribution in [-0.2, 0) is 6.61 Å². The van der Waals surface area contributed by atoms with Crippen molar-refractivity contribution in [1.82, 2.24) is 10.1 Å². The average molecular weight is 374 g/mol. The lowest BCUT2D eigenvalue weighted by Crippen LogP contribution is -2.48. The van der Waals surface area contributed by atoms with Gasteiger partial charge in [-0.3, -0.25) is 4.79 Å². The number of β-amino-alcohol motifs (C(OH)–C–C–N with tert-alkyl or cyclic N) is 1. The molecule has 1 N–H and O–H groups in total. The zero-order valence-electron chi connectivity index (χ0n) is 16.2. The van der Waals surface area contributed by atoms with Crippen molar-refractivity contribution >= 4 is 5.91 Å². The van der Waals surface area contributed by atoms with E-state index >= 15 is 0 Å². The number of piperidine rings is 1. The van der Waals surface area contributed by atoms with Crippen molar-refractivity contribution in [3.05, 3.63) is 40.8 Å². The zero-order chi connectivity index (χ0) is 19.6. The van der Waals surface area contributed by atoms with Gasteiger partial charge in [-0.2, -0.15) is 0 Å². The summed E-state index contributed by atoms with van der Waals surface area (Å²) in [6.07, 6.45) is 1.49. The smallest absolute Gasteiger partial charge is 0.254 e. The number of rotatable bonds is 5. The quantitative estimate of drug-likeness (QED) is 0.866. The molecule has 3 rings (SSSR count). The van der Waals surface area contributed by atoms with Crippen LogP contribution in [0.1, 0.15) is 47.1 Å². The van der Waals surface area contributed by atoms with E-state index in [0.717, 1.165) is 23.4 Å². The number of hydrogen-bond acceptors (Lipinski definition) is 6. The number of amides is 1. The van der Waals surface area contributed by atoms with Gasteiger partial charge in [-0.05, 0) is 51.8 Å². The van der Waals surface area contributed by atoms with Crippen LogP contribution in [0.25, 0.3) is 0 Å². The van der Waals surface area contributed by atoms with E-state index in [4.69, 9.17) is 14.0 Å². The van der Waals surface area contributed by atoms with Crippen molar-refractivity contribution in [2.24, 2.45) is 0 Å². The highest BCUT2D eigenvalue weighted by atomic mass is 16.5. The molecule has 1 saturated heterocycles. The number of carbonyl (C=O) groups excluding carboxylic acids is 1. The maximum atomic E-state index is 12.8. The van der Waals surface area contributed by atoms with Crippen LogP contribution >= 0.6 is 0 Å². The summed E-state index contributed by atoms with van der Waals surface area (Å²) < 4.78 is 16.4. The lowest BCUT2D eigenvalue weighted by molar-refractivity contribution is -0.0107. The number of methoxy groups -OCH3 is 1. The number of hydrogen-bond donors (Lipinski definition) is 1. The van der Waals surface area contributed by atoms with Crippen molar-refractivity contribution in [2.75, 3.05) is 20.2 Å². The zero-order valence-corrected chi connectivity index (χ0v) is 16.2. The Morgan fingerprint density at radius 2 is 2.15 bits per heavy atom. The molecule has 0 aliphatic carbocycles. The fourth-order valence-electron chi connectivity index (χ4n) is 3.35. The fourth-order valence-corrected chi connectivity index (χ4v) is 3.35. The maximum absolute atomic E-state index is 12.8. The van der Waals surface area contributed by atoms with Crippen LogP contribution in [0.4, 0.5) is 0 Å². The van der Waals surface area contributed by atoms with Gasteiger partial charge in [0.05, 0.1) is 24.0 Å². The first kappa shape index (κ1) is 19.2. The maximum Gasteiger partial charge on any atom is 0.254 e. The van der Waals surface area contributed by atoms with Gasteiger partial charge in [0, 0.05) is 18.7 Å². The van der Waals surface area contributed by atoms with E-state index in [2.05, 4.69) is 5.16 Å². The standard InChI is InChI=1S/C20H26N2O5/c1-13-16(14(2)27-21-13)11-26-17-7-6-15(10-18(17)25-4)19(23)22-9-5-8-20(3,24)12-22/h6-7,10,24H,5,8-9,11-12H2,1-4H3. The van der Waals surface area contributed by atoms with Crippen molar-refractivity contribution in [1.29, 1.82) is 0 Å². The molecule has 27 heavy (non-hydrogen) atoms. The van der Waals surface area contributed by atoms with Gasteiger partial charge in [-0.25, -0.2) is 0 Å². The molecule has 1 atom stereocenters. The molecular formula is C20H26N2O5. The van der Waals surface area contributed by atoms with Crippen molar-refractivity contribution in [2.45, 2.75) is 45.8 Å². The fraction of sp³-hybridized carbons (Fsp3) is 0.500. The summed E-state index contributed by atoms with van der Waals surface area (Å²) in [5.41, 5.74) is 1.35. The van der Waals surface area contributed by atoms with Crippen LogP contribution in [0, 0.1) is 13.8 Å². The number of aryl methyl sites for hydroxylation is 2. The average Bonchev–Trinajstić information content (AvgIpc) is 2.96. The number of aromatic nitrogens is 1. The molecule has 1 aromatic heterocycles. The molecule has 1 amide bonds. The minimum Gasteiger partial charge on any atom is -0.493 e. The second-order valence-corrected chi connectivity index (χ2v) is 7.28. The normalized spacial score (nSPS) is 19.8. The lowest BCUT2D eigenvalue weighted by Gasteiger charge is -2.36. The predicted octanol–water partition coefficient (Wildman–Crippen LogP) is 2.87. The molecule has 0 bridgehead atoms. The molecule has 0 radical (unpaired) electrons. The molecule has 1 aromatic carbocycles. The van der Waals surface area contributed by atoms with Crippen LogP contribution in [-0.4, -0.2) is 46.9 Å². The first-order valence-electron chi connectivity index (χ1n) is 9.05. The van der Waals surface area contributed by atoms with E-state index in [1.807, 2.05) is 13.8 Å². The Bertz CT molecular complexity index is 808. The first-order valence-corrected chi connectivity index (χ1v) is 9.05. The van der Waals surface area contributed by atoms with E-state index in [1.54, 1.807) is 30.0 Å². The van der Waals surface area contributed by atoms with E-state index < -0.39 is 5.60 Å².